The van der Waals surface area contributed by atoms with E-state index in [2.05, 4.69) is 0 Å². The fourth-order valence-electron chi connectivity index (χ4n) is 1.94. The second-order valence-corrected chi connectivity index (χ2v) is 4.72. The van der Waals surface area contributed by atoms with Crippen molar-refractivity contribution >= 4 is 0 Å². The van der Waals surface area contributed by atoms with Crippen LogP contribution in [0, 0.1) is 11.6 Å². The van der Waals surface area contributed by atoms with Crippen LogP contribution < -0.4 is 15.2 Å². The van der Waals surface area contributed by atoms with Gasteiger partial charge in [-0.15, -0.1) is 0 Å². The molecule has 2 aromatic rings. The molecule has 21 heavy (non-hydrogen) atoms. The van der Waals surface area contributed by atoms with Gasteiger partial charge in [0.05, 0.1) is 7.11 Å². The van der Waals surface area contributed by atoms with Gasteiger partial charge in [-0.2, -0.15) is 0 Å². The molecule has 0 saturated heterocycles. The maximum absolute atomic E-state index is 13.8. The lowest BCUT2D eigenvalue weighted by molar-refractivity contribution is 0.293. The predicted octanol–water partition coefficient (Wildman–Crippen LogP) is 3.57. The van der Waals surface area contributed by atoms with Gasteiger partial charge in [0.15, 0.2) is 0 Å². The van der Waals surface area contributed by atoms with Crippen molar-refractivity contribution in [2.24, 2.45) is 5.73 Å². The van der Waals surface area contributed by atoms with Crippen LogP contribution in [0.4, 0.5) is 8.78 Å². The zero-order valence-corrected chi connectivity index (χ0v) is 11.9. The summed E-state index contributed by atoms with van der Waals surface area (Å²) < 4.78 is 37.6. The number of hydrogen-bond donors (Lipinski definition) is 1. The van der Waals surface area contributed by atoms with Crippen molar-refractivity contribution in [3.05, 3.63) is 59.2 Å². The number of methoxy groups -OCH3 is 1. The van der Waals surface area contributed by atoms with Gasteiger partial charge in [-0.3, -0.25) is 0 Å². The first-order valence-electron chi connectivity index (χ1n) is 6.51. The molecule has 0 heterocycles. The molecule has 2 rings (SSSR count). The Morgan fingerprint density at radius 2 is 1.90 bits per heavy atom. The van der Waals surface area contributed by atoms with E-state index in [1.165, 1.54) is 25.3 Å². The van der Waals surface area contributed by atoms with E-state index in [1.807, 2.05) is 0 Å². The highest BCUT2D eigenvalue weighted by molar-refractivity contribution is 5.36. The molecule has 0 fully saturated rings. The van der Waals surface area contributed by atoms with Crippen LogP contribution in [0.25, 0.3) is 0 Å². The molecular weight excluding hydrogens is 276 g/mol. The minimum absolute atomic E-state index is 0.0149. The van der Waals surface area contributed by atoms with Gasteiger partial charge in [0.2, 0.25) is 0 Å². The van der Waals surface area contributed by atoms with E-state index in [0.717, 1.165) is 0 Å². The van der Waals surface area contributed by atoms with E-state index in [4.69, 9.17) is 15.2 Å². The molecule has 1 unspecified atom stereocenters. The zero-order chi connectivity index (χ0) is 15.4. The van der Waals surface area contributed by atoms with Gasteiger partial charge in [-0.1, -0.05) is 6.07 Å². The van der Waals surface area contributed by atoms with Crippen LogP contribution in [0.2, 0.25) is 0 Å². The first-order chi connectivity index (χ1) is 10.0. The van der Waals surface area contributed by atoms with Crippen molar-refractivity contribution in [1.29, 1.82) is 0 Å². The summed E-state index contributed by atoms with van der Waals surface area (Å²) in [5.74, 6) is -0.115. The molecule has 1 atom stereocenters. The summed E-state index contributed by atoms with van der Waals surface area (Å²) >= 11 is 0. The maximum atomic E-state index is 13.8. The van der Waals surface area contributed by atoms with Crippen molar-refractivity contribution < 1.29 is 18.3 Å². The fraction of sp³-hybridized carbons (Fsp3) is 0.250. The number of benzene rings is 2. The standard InChI is InChI=1S/C16H17F2NO2/c1-10(19)14-6-4-12(17)7-16(14)21-9-11-3-5-13(20-2)8-15(11)18/h3-8,10H,9,19H2,1-2H3. The van der Waals surface area contributed by atoms with E-state index in [0.29, 0.717) is 22.6 Å². The summed E-state index contributed by atoms with van der Waals surface area (Å²) in [6, 6.07) is 8.32. The minimum atomic E-state index is -0.437. The van der Waals surface area contributed by atoms with Crippen molar-refractivity contribution in [3.63, 3.8) is 0 Å². The normalized spacial score (nSPS) is 12.0. The Hall–Kier alpha value is -2.14. The summed E-state index contributed by atoms with van der Waals surface area (Å²) in [7, 11) is 1.46. The second-order valence-electron chi connectivity index (χ2n) is 4.72. The second kappa shape index (κ2) is 6.54. The van der Waals surface area contributed by atoms with Gasteiger partial charge in [0, 0.05) is 29.3 Å². The molecule has 5 heteroatoms. The largest absolute Gasteiger partial charge is 0.497 e. The molecule has 0 aliphatic heterocycles. The van der Waals surface area contributed by atoms with E-state index < -0.39 is 11.6 Å². The Balaban J connectivity index is 2.18. The summed E-state index contributed by atoms with van der Waals surface area (Å²) in [6.45, 7) is 1.76. The van der Waals surface area contributed by atoms with Gasteiger partial charge in [-0.25, -0.2) is 8.78 Å². The van der Waals surface area contributed by atoms with E-state index >= 15 is 0 Å². The van der Waals surface area contributed by atoms with Crippen LogP contribution in [-0.4, -0.2) is 7.11 Å². The Labute approximate surface area is 122 Å². The quantitative estimate of drug-likeness (QED) is 0.916. The monoisotopic (exact) mass is 293 g/mol. The molecule has 0 amide bonds. The molecule has 0 bridgehead atoms. The first kappa shape index (κ1) is 15.3. The smallest absolute Gasteiger partial charge is 0.133 e. The molecule has 2 aromatic carbocycles. The molecule has 2 N–H and O–H groups in total. The van der Waals surface area contributed by atoms with Crippen LogP contribution in [-0.2, 0) is 6.61 Å². The highest BCUT2D eigenvalue weighted by Gasteiger charge is 2.11. The average Bonchev–Trinajstić information content (AvgIpc) is 2.45. The van der Waals surface area contributed by atoms with E-state index in [-0.39, 0.29) is 12.6 Å². The Morgan fingerprint density at radius 1 is 1.14 bits per heavy atom. The lowest BCUT2D eigenvalue weighted by Gasteiger charge is -2.14. The summed E-state index contributed by atoms with van der Waals surface area (Å²) in [4.78, 5) is 0. The van der Waals surface area contributed by atoms with Crippen LogP contribution in [0.3, 0.4) is 0 Å². The third-order valence-corrected chi connectivity index (χ3v) is 3.11. The first-order valence-corrected chi connectivity index (χ1v) is 6.51. The molecule has 0 saturated carbocycles. The number of nitrogens with two attached hydrogens (primary N) is 1. The highest BCUT2D eigenvalue weighted by Crippen LogP contribution is 2.26. The number of hydrogen-bond acceptors (Lipinski definition) is 3. The van der Waals surface area contributed by atoms with Crippen LogP contribution in [0.15, 0.2) is 36.4 Å². The van der Waals surface area contributed by atoms with Crippen molar-refractivity contribution in [3.8, 4) is 11.5 Å². The average molecular weight is 293 g/mol. The summed E-state index contributed by atoms with van der Waals surface area (Å²) in [5.41, 5.74) is 6.84. The predicted molar refractivity (Wildman–Crippen MR) is 76.3 cm³/mol. The van der Waals surface area contributed by atoms with E-state index in [1.54, 1.807) is 25.1 Å². The molecule has 0 radical (unpaired) electrons. The van der Waals surface area contributed by atoms with Crippen LogP contribution in [0.5, 0.6) is 11.5 Å². The third kappa shape index (κ3) is 3.70. The van der Waals surface area contributed by atoms with Gasteiger partial charge in [0.25, 0.3) is 0 Å². The van der Waals surface area contributed by atoms with Crippen molar-refractivity contribution in [2.45, 2.75) is 19.6 Å². The fourth-order valence-corrected chi connectivity index (χ4v) is 1.94. The molecule has 0 aliphatic carbocycles. The molecule has 3 nitrogen and oxygen atoms in total. The summed E-state index contributed by atoms with van der Waals surface area (Å²) in [6.07, 6.45) is 0. The van der Waals surface area contributed by atoms with Gasteiger partial charge in [0.1, 0.15) is 29.7 Å². The summed E-state index contributed by atoms with van der Waals surface area (Å²) in [5, 5.41) is 0. The zero-order valence-electron chi connectivity index (χ0n) is 11.9. The number of halogens is 2. The molecular formula is C16H17F2NO2. The molecule has 0 spiro atoms. The SMILES string of the molecule is COc1ccc(COc2cc(F)ccc2C(C)N)c(F)c1. The number of rotatable bonds is 5. The minimum Gasteiger partial charge on any atom is -0.497 e. The van der Waals surface area contributed by atoms with Gasteiger partial charge in [-0.05, 0) is 25.1 Å². The lowest BCUT2D eigenvalue weighted by atomic mass is 10.1. The van der Waals surface area contributed by atoms with Gasteiger partial charge < -0.3 is 15.2 Å². The van der Waals surface area contributed by atoms with Crippen LogP contribution >= 0.6 is 0 Å². The molecule has 112 valence electrons. The topological polar surface area (TPSA) is 44.5 Å². The Morgan fingerprint density at radius 3 is 2.52 bits per heavy atom. The maximum Gasteiger partial charge on any atom is 0.133 e. The Kier molecular flexibility index (Phi) is 4.75. The van der Waals surface area contributed by atoms with Gasteiger partial charge >= 0.3 is 0 Å². The van der Waals surface area contributed by atoms with Crippen LogP contribution in [0.1, 0.15) is 24.1 Å². The van der Waals surface area contributed by atoms with Crippen molar-refractivity contribution in [2.75, 3.05) is 7.11 Å². The van der Waals surface area contributed by atoms with Crippen molar-refractivity contribution in [1.82, 2.24) is 0 Å². The molecule has 0 aromatic heterocycles. The number of ether oxygens (including phenoxy) is 2. The lowest BCUT2D eigenvalue weighted by Crippen LogP contribution is -2.09. The Bertz CT molecular complexity index is 630. The molecule has 0 aliphatic rings. The highest BCUT2D eigenvalue weighted by atomic mass is 19.1. The van der Waals surface area contributed by atoms with E-state index in [9.17, 15) is 8.78 Å². The third-order valence-electron chi connectivity index (χ3n) is 3.11.